The van der Waals surface area contributed by atoms with Crippen LogP contribution in [0.25, 0.3) is 0 Å². The van der Waals surface area contributed by atoms with E-state index in [1.54, 1.807) is 13.0 Å². The second-order valence-electron chi connectivity index (χ2n) is 6.01. The topological polar surface area (TPSA) is 74.6 Å². The first-order valence-electron chi connectivity index (χ1n) is 6.53. The lowest BCUT2D eigenvalue weighted by Gasteiger charge is -2.33. The highest BCUT2D eigenvalue weighted by Gasteiger charge is 2.40. The van der Waals surface area contributed by atoms with Crippen molar-refractivity contribution in [2.24, 2.45) is 17.3 Å². The normalized spacial score (nSPS) is 23.8. The highest BCUT2D eigenvalue weighted by molar-refractivity contribution is 5.92. The highest BCUT2D eigenvalue weighted by atomic mass is 16.4. The summed E-state index contributed by atoms with van der Waals surface area (Å²) in [5.74, 6) is -1.82. The molecule has 2 N–H and O–H groups in total. The molecule has 1 aliphatic carbocycles. The molecule has 0 aromatic heterocycles. The van der Waals surface area contributed by atoms with Crippen molar-refractivity contribution in [1.29, 1.82) is 0 Å². The molecule has 1 unspecified atom stereocenters. The third-order valence-electron chi connectivity index (χ3n) is 3.60. The van der Waals surface area contributed by atoms with Gasteiger partial charge in [0.15, 0.2) is 0 Å². The minimum absolute atomic E-state index is 0.0431. The Bertz CT molecular complexity index is 469. The van der Waals surface area contributed by atoms with Crippen LogP contribution < -0.4 is 0 Å². The van der Waals surface area contributed by atoms with E-state index in [-0.39, 0.29) is 23.8 Å². The van der Waals surface area contributed by atoms with E-state index in [1.807, 2.05) is 27.7 Å². The van der Waals surface area contributed by atoms with Crippen molar-refractivity contribution in [2.75, 3.05) is 0 Å². The number of hydrogen-bond donors (Lipinski definition) is 2. The van der Waals surface area contributed by atoms with E-state index in [4.69, 9.17) is 0 Å². The van der Waals surface area contributed by atoms with Crippen molar-refractivity contribution in [3.8, 4) is 0 Å². The zero-order valence-electron chi connectivity index (χ0n) is 12.2. The fourth-order valence-electron chi connectivity index (χ4n) is 2.60. The van der Waals surface area contributed by atoms with E-state index in [0.717, 1.165) is 11.1 Å². The van der Waals surface area contributed by atoms with Crippen molar-refractivity contribution in [2.45, 2.75) is 41.0 Å². The summed E-state index contributed by atoms with van der Waals surface area (Å²) in [5, 5.41) is 18.8. The van der Waals surface area contributed by atoms with Crippen LogP contribution in [0.15, 0.2) is 22.8 Å². The molecule has 19 heavy (non-hydrogen) atoms. The zero-order valence-corrected chi connectivity index (χ0v) is 12.2. The van der Waals surface area contributed by atoms with Gasteiger partial charge in [-0.2, -0.15) is 0 Å². The van der Waals surface area contributed by atoms with Crippen molar-refractivity contribution in [1.82, 2.24) is 0 Å². The number of rotatable bonds is 4. The molecule has 0 heterocycles. The number of carboxylic acid groups (broad SMARTS) is 2. The summed E-state index contributed by atoms with van der Waals surface area (Å²) in [7, 11) is 0. The Morgan fingerprint density at radius 3 is 2.00 bits per heavy atom. The van der Waals surface area contributed by atoms with Crippen LogP contribution in [0, 0.1) is 17.3 Å². The first kappa shape index (κ1) is 15.5. The molecule has 1 atom stereocenters. The molecule has 0 aliphatic heterocycles. The molecule has 1 rings (SSSR count). The Morgan fingerprint density at radius 1 is 1.16 bits per heavy atom. The van der Waals surface area contributed by atoms with E-state index >= 15 is 0 Å². The number of carbonyl (C=O) groups is 2. The highest BCUT2D eigenvalue weighted by Crippen LogP contribution is 2.42. The van der Waals surface area contributed by atoms with Crippen molar-refractivity contribution in [3.05, 3.63) is 22.8 Å². The number of hydrogen-bond acceptors (Lipinski definition) is 2. The van der Waals surface area contributed by atoms with Gasteiger partial charge in [0.2, 0.25) is 0 Å². The summed E-state index contributed by atoms with van der Waals surface area (Å²) in [6.07, 6.45) is 1.78. The van der Waals surface area contributed by atoms with Crippen LogP contribution in [0.2, 0.25) is 0 Å². The smallest absolute Gasteiger partial charge is 0.331 e. The summed E-state index contributed by atoms with van der Waals surface area (Å²) >= 11 is 0. The Labute approximate surface area is 113 Å². The minimum atomic E-state index is -1.13. The summed E-state index contributed by atoms with van der Waals surface area (Å²) in [6.45, 7) is 9.39. The monoisotopic (exact) mass is 266 g/mol. The lowest BCUT2D eigenvalue weighted by atomic mass is 9.70. The SMILES string of the molecule is CC(C)C1=CC(C)(C(=O)O)CC(C(=O)O)=C1C(C)C. The van der Waals surface area contributed by atoms with Gasteiger partial charge in [0.1, 0.15) is 0 Å². The van der Waals surface area contributed by atoms with E-state index in [1.165, 1.54) is 0 Å². The van der Waals surface area contributed by atoms with Crippen LogP contribution in [-0.2, 0) is 9.59 Å². The molecule has 0 aromatic carbocycles. The molecule has 0 spiro atoms. The number of aliphatic carboxylic acids is 2. The molecule has 0 saturated carbocycles. The Balaban J connectivity index is 3.51. The first-order valence-corrected chi connectivity index (χ1v) is 6.53. The molecular formula is C15H22O4. The summed E-state index contributed by atoms with van der Waals surface area (Å²) in [6, 6.07) is 0. The van der Waals surface area contributed by atoms with Gasteiger partial charge in [-0.05, 0) is 36.3 Å². The number of allylic oxidation sites excluding steroid dienone is 2. The van der Waals surface area contributed by atoms with Crippen LogP contribution >= 0.6 is 0 Å². The van der Waals surface area contributed by atoms with E-state index in [0.29, 0.717) is 0 Å². The quantitative estimate of drug-likeness (QED) is 0.820. The maximum atomic E-state index is 11.5. The molecule has 0 fully saturated rings. The van der Waals surface area contributed by atoms with Crippen LogP contribution in [0.4, 0.5) is 0 Å². The van der Waals surface area contributed by atoms with E-state index in [9.17, 15) is 19.8 Å². The molecular weight excluding hydrogens is 244 g/mol. The minimum Gasteiger partial charge on any atom is -0.481 e. The van der Waals surface area contributed by atoms with Crippen molar-refractivity contribution < 1.29 is 19.8 Å². The van der Waals surface area contributed by atoms with E-state index < -0.39 is 17.4 Å². The Kier molecular flexibility index (Phi) is 4.23. The average Bonchev–Trinajstić information content (AvgIpc) is 2.26. The van der Waals surface area contributed by atoms with Gasteiger partial charge in [-0.25, -0.2) is 4.79 Å². The molecule has 0 aromatic rings. The first-order chi connectivity index (χ1) is 8.60. The molecule has 0 amide bonds. The van der Waals surface area contributed by atoms with Crippen LogP contribution in [0.5, 0.6) is 0 Å². The zero-order chi connectivity index (χ0) is 15.0. The summed E-state index contributed by atoms with van der Waals surface area (Å²) < 4.78 is 0. The molecule has 4 nitrogen and oxygen atoms in total. The van der Waals surface area contributed by atoms with Crippen LogP contribution in [0.1, 0.15) is 41.0 Å². The van der Waals surface area contributed by atoms with Crippen molar-refractivity contribution in [3.63, 3.8) is 0 Å². The standard InChI is InChI=1S/C15H22O4/c1-8(2)10-6-15(5,14(18)19)7-11(13(16)17)12(10)9(3)4/h6,8-9H,7H2,1-5H3,(H,16,17)(H,18,19). The second-order valence-corrected chi connectivity index (χ2v) is 6.01. The summed E-state index contributed by atoms with van der Waals surface area (Å²) in [4.78, 5) is 22.9. The maximum Gasteiger partial charge on any atom is 0.331 e. The largest absolute Gasteiger partial charge is 0.481 e. The second kappa shape index (κ2) is 5.19. The van der Waals surface area contributed by atoms with Gasteiger partial charge in [-0.15, -0.1) is 0 Å². The van der Waals surface area contributed by atoms with Gasteiger partial charge < -0.3 is 10.2 Å². The lowest BCUT2D eigenvalue weighted by molar-refractivity contribution is -0.145. The predicted octanol–water partition coefficient (Wildman–Crippen LogP) is 3.10. The maximum absolute atomic E-state index is 11.5. The van der Waals surface area contributed by atoms with Crippen molar-refractivity contribution >= 4 is 11.9 Å². The molecule has 106 valence electrons. The third-order valence-corrected chi connectivity index (χ3v) is 3.60. The van der Waals surface area contributed by atoms with Crippen LogP contribution in [-0.4, -0.2) is 22.2 Å². The van der Waals surface area contributed by atoms with Gasteiger partial charge in [0, 0.05) is 5.57 Å². The third kappa shape index (κ3) is 2.88. The predicted molar refractivity (Wildman–Crippen MR) is 72.8 cm³/mol. The van der Waals surface area contributed by atoms with Crippen LogP contribution in [0.3, 0.4) is 0 Å². The molecule has 0 bridgehead atoms. The number of carboxylic acids is 2. The van der Waals surface area contributed by atoms with Gasteiger partial charge in [-0.3, -0.25) is 4.79 Å². The van der Waals surface area contributed by atoms with Gasteiger partial charge in [-0.1, -0.05) is 33.8 Å². The van der Waals surface area contributed by atoms with Gasteiger partial charge in [0.25, 0.3) is 0 Å². The molecule has 0 saturated heterocycles. The average molecular weight is 266 g/mol. The molecule has 4 heteroatoms. The van der Waals surface area contributed by atoms with Gasteiger partial charge >= 0.3 is 11.9 Å². The fourth-order valence-corrected chi connectivity index (χ4v) is 2.60. The fraction of sp³-hybridized carbons (Fsp3) is 0.600. The lowest BCUT2D eigenvalue weighted by Crippen LogP contribution is -2.32. The molecule has 0 radical (unpaired) electrons. The molecule has 1 aliphatic rings. The van der Waals surface area contributed by atoms with E-state index in [2.05, 4.69) is 0 Å². The Morgan fingerprint density at radius 2 is 1.68 bits per heavy atom. The summed E-state index contributed by atoms with van der Waals surface area (Å²) in [5.41, 5.74) is 0.752. The Hall–Kier alpha value is -1.58. The van der Waals surface area contributed by atoms with Gasteiger partial charge in [0.05, 0.1) is 5.41 Å².